The van der Waals surface area contributed by atoms with E-state index in [1.807, 2.05) is 0 Å². The van der Waals surface area contributed by atoms with Gasteiger partial charge in [-0.25, -0.2) is 4.79 Å². The fourth-order valence-electron chi connectivity index (χ4n) is 0.831. The summed E-state index contributed by atoms with van der Waals surface area (Å²) in [7, 11) is -4.15. The molecule has 0 radical (unpaired) electrons. The third kappa shape index (κ3) is 3.94. The number of aliphatic hydroxyl groups is 1. The van der Waals surface area contributed by atoms with Gasteiger partial charge < -0.3 is 15.0 Å². The number of nitrogens with two attached hydrogens (primary N) is 1. The molecule has 1 rings (SSSR count). The zero-order chi connectivity index (χ0) is 11.5. The molecule has 0 saturated carbocycles. The minimum Gasteiger partial charge on any atom is -0.399 e. The summed E-state index contributed by atoms with van der Waals surface area (Å²) in [6.45, 7) is -0.992. The van der Waals surface area contributed by atoms with E-state index >= 15 is 0 Å². The number of hydrogen-bond acceptors (Lipinski definition) is 6. The van der Waals surface area contributed by atoms with Crippen molar-refractivity contribution >= 4 is 21.8 Å². The first kappa shape index (κ1) is 15.1. The van der Waals surface area contributed by atoms with Crippen molar-refractivity contribution in [2.45, 2.75) is 4.90 Å². The van der Waals surface area contributed by atoms with Crippen LogP contribution in [0.2, 0.25) is 0 Å². The number of carbonyl (C=O) groups excluding carboxylic acids is 1. The van der Waals surface area contributed by atoms with E-state index in [0.29, 0.717) is 5.69 Å². The molecule has 0 atom stereocenters. The monoisotopic (exact) mass is 279 g/mol. The van der Waals surface area contributed by atoms with Crippen LogP contribution in [0.25, 0.3) is 0 Å². The van der Waals surface area contributed by atoms with Crippen LogP contribution in [0.15, 0.2) is 29.2 Å². The first-order chi connectivity index (χ1) is 6.95. The van der Waals surface area contributed by atoms with Gasteiger partial charge in [0.05, 0.1) is 0 Å². The van der Waals surface area contributed by atoms with Crippen molar-refractivity contribution in [2.24, 2.45) is 0 Å². The second kappa shape index (κ2) is 6.00. The van der Waals surface area contributed by atoms with Crippen molar-refractivity contribution in [1.82, 2.24) is 0 Å². The molecule has 1 aromatic carbocycles. The van der Waals surface area contributed by atoms with E-state index in [-0.39, 0.29) is 26.6 Å². The summed E-state index contributed by atoms with van der Waals surface area (Å²) in [5, 5.41) is 8.33. The summed E-state index contributed by atoms with van der Waals surface area (Å²) in [4.78, 5) is 10.4. The largest absolute Gasteiger partial charge is 0.399 e. The fraction of sp³-hybridized carbons (Fsp3) is 0.125. The number of anilines is 1. The van der Waals surface area contributed by atoms with Crippen LogP contribution < -0.4 is 5.73 Å². The number of aliphatic hydroxyl groups excluding tert-OH is 1. The molecular formula is C8H9NO5STi. The molecule has 0 aliphatic heterocycles. The van der Waals surface area contributed by atoms with Gasteiger partial charge in [-0.2, -0.15) is 8.42 Å². The van der Waals surface area contributed by atoms with Crippen molar-refractivity contribution in [3.05, 3.63) is 24.3 Å². The van der Waals surface area contributed by atoms with Crippen molar-refractivity contribution in [3.63, 3.8) is 0 Å². The van der Waals surface area contributed by atoms with Crippen LogP contribution in [0.4, 0.5) is 5.69 Å². The Kier molecular flexibility index (Phi) is 5.67. The molecule has 0 saturated heterocycles. The van der Waals surface area contributed by atoms with E-state index in [1.54, 1.807) is 0 Å². The molecule has 8 heteroatoms. The number of nitrogen functional groups attached to an aromatic ring is 1. The Balaban J connectivity index is 0.00000225. The van der Waals surface area contributed by atoms with Gasteiger partial charge in [0, 0.05) is 27.4 Å². The molecule has 1 aromatic rings. The van der Waals surface area contributed by atoms with Crippen molar-refractivity contribution in [1.29, 1.82) is 0 Å². The van der Waals surface area contributed by atoms with Crippen LogP contribution >= 0.6 is 0 Å². The molecule has 86 valence electrons. The van der Waals surface area contributed by atoms with Gasteiger partial charge in [0.25, 0.3) is 0 Å². The third-order valence-electron chi connectivity index (χ3n) is 1.50. The maximum Gasteiger partial charge on any atom is 0.347 e. The molecule has 6 nitrogen and oxygen atoms in total. The molecule has 0 aliphatic rings. The Morgan fingerprint density at radius 3 is 2.25 bits per heavy atom. The predicted octanol–water partition coefficient (Wildman–Crippen LogP) is -0.510. The molecule has 0 amide bonds. The van der Waals surface area contributed by atoms with Crippen molar-refractivity contribution in [3.8, 4) is 0 Å². The Labute approximate surface area is 107 Å². The van der Waals surface area contributed by atoms with E-state index in [1.165, 1.54) is 24.3 Å². The average molecular weight is 279 g/mol. The van der Waals surface area contributed by atoms with Crippen LogP contribution in [0.5, 0.6) is 0 Å². The van der Waals surface area contributed by atoms with Gasteiger partial charge in [0.15, 0.2) is 0 Å². The van der Waals surface area contributed by atoms with Gasteiger partial charge in [0.2, 0.25) is 0 Å². The summed E-state index contributed by atoms with van der Waals surface area (Å²) in [5.74, 6) is -1.23. The van der Waals surface area contributed by atoms with E-state index in [0.717, 1.165) is 0 Å². The predicted molar refractivity (Wildman–Crippen MR) is 51.2 cm³/mol. The van der Waals surface area contributed by atoms with Crippen LogP contribution in [-0.2, 0) is 40.8 Å². The van der Waals surface area contributed by atoms with Crippen molar-refractivity contribution < 1.29 is 44.2 Å². The van der Waals surface area contributed by atoms with Gasteiger partial charge in [0.1, 0.15) is 11.5 Å². The van der Waals surface area contributed by atoms with Crippen molar-refractivity contribution in [2.75, 3.05) is 12.3 Å². The molecule has 0 aromatic heterocycles. The molecule has 0 bridgehead atoms. The molecule has 0 spiro atoms. The van der Waals surface area contributed by atoms with Gasteiger partial charge in [-0.1, -0.05) is 0 Å². The number of benzene rings is 1. The van der Waals surface area contributed by atoms with E-state index in [2.05, 4.69) is 4.18 Å². The zero-order valence-electron chi connectivity index (χ0n) is 8.08. The van der Waals surface area contributed by atoms with E-state index in [4.69, 9.17) is 10.8 Å². The summed E-state index contributed by atoms with van der Waals surface area (Å²) in [6, 6.07) is 5.13. The van der Waals surface area contributed by atoms with Gasteiger partial charge in [-0.15, -0.1) is 0 Å². The Hall–Kier alpha value is -0.886. The summed E-state index contributed by atoms with van der Waals surface area (Å²) >= 11 is 0. The minimum absolute atomic E-state index is 0. The second-order valence-electron chi connectivity index (χ2n) is 2.64. The van der Waals surface area contributed by atoms with Crippen LogP contribution in [0.1, 0.15) is 0 Å². The standard InChI is InChI=1S/C8H9NO5S.Ti/c9-6-1-3-7(4-2-6)15(12,13)14-8(11)5-10;/h1-4,10H,5,9H2;. The quantitative estimate of drug-likeness (QED) is 0.438. The molecule has 16 heavy (non-hydrogen) atoms. The van der Waals surface area contributed by atoms with E-state index in [9.17, 15) is 13.2 Å². The summed E-state index contributed by atoms with van der Waals surface area (Å²) in [5.41, 5.74) is 5.75. The number of carbonyl (C=O) groups is 1. The fourth-order valence-corrected chi connectivity index (χ4v) is 1.69. The summed E-state index contributed by atoms with van der Waals surface area (Å²) < 4.78 is 26.7. The number of rotatable bonds is 3. The summed E-state index contributed by atoms with van der Waals surface area (Å²) in [6.07, 6.45) is 0. The van der Waals surface area contributed by atoms with Crippen LogP contribution in [0, 0.1) is 0 Å². The second-order valence-corrected chi connectivity index (χ2v) is 4.18. The SMILES string of the molecule is Nc1ccc(S(=O)(=O)OC(=O)CO)cc1.[Ti]. The minimum atomic E-state index is -4.15. The maximum atomic E-state index is 11.3. The zero-order valence-corrected chi connectivity index (χ0v) is 10.5. The van der Waals surface area contributed by atoms with Crippen LogP contribution in [0.3, 0.4) is 0 Å². The van der Waals surface area contributed by atoms with Crippen LogP contribution in [-0.4, -0.2) is 26.1 Å². The first-order valence-electron chi connectivity index (χ1n) is 3.89. The Morgan fingerprint density at radius 2 is 1.81 bits per heavy atom. The molecule has 0 heterocycles. The molecular weight excluding hydrogens is 270 g/mol. The normalized spacial score (nSPS) is 10.3. The van der Waals surface area contributed by atoms with Gasteiger partial charge >= 0.3 is 16.1 Å². The molecule has 0 aliphatic carbocycles. The van der Waals surface area contributed by atoms with E-state index < -0.39 is 22.7 Å². The third-order valence-corrected chi connectivity index (χ3v) is 2.76. The molecule has 3 N–H and O–H groups in total. The topological polar surface area (TPSA) is 107 Å². The van der Waals surface area contributed by atoms with Gasteiger partial charge in [-0.3, -0.25) is 0 Å². The average Bonchev–Trinajstić information content (AvgIpc) is 2.17. The maximum absolute atomic E-state index is 11.3. The molecule has 0 unspecified atom stereocenters. The first-order valence-corrected chi connectivity index (χ1v) is 5.30. The van der Waals surface area contributed by atoms with Gasteiger partial charge in [-0.05, 0) is 24.3 Å². The molecule has 0 fully saturated rings. The Bertz CT molecular complexity index is 456. The smallest absolute Gasteiger partial charge is 0.347 e. The number of hydrogen-bond donors (Lipinski definition) is 2. The Morgan fingerprint density at radius 1 is 1.31 bits per heavy atom.